The third-order valence-electron chi connectivity index (χ3n) is 8.04. The Morgan fingerprint density at radius 1 is 1.17 bits per heavy atom. The minimum atomic E-state index is -1.03. The molecule has 1 aromatic heterocycles. The number of piperazine rings is 1. The fraction of sp³-hybridized carbons (Fsp3) is 0.407. The molecule has 2 saturated heterocycles. The maximum atomic E-state index is 15.4. The number of benzene rings is 2. The second-order valence-electron chi connectivity index (χ2n) is 10.4. The molecule has 0 saturated carbocycles. The van der Waals surface area contributed by atoms with Crippen LogP contribution < -0.4 is 15.5 Å². The van der Waals surface area contributed by atoms with Crippen molar-refractivity contribution in [2.24, 2.45) is 5.73 Å². The number of hydrogen-bond acceptors (Lipinski definition) is 7. The summed E-state index contributed by atoms with van der Waals surface area (Å²) in [5.41, 5.74) is 10.1. The Hall–Kier alpha value is -3.25. The van der Waals surface area contributed by atoms with Gasteiger partial charge >= 0.3 is 0 Å². The largest absolute Gasteiger partial charge is 0.387 e. The summed E-state index contributed by atoms with van der Waals surface area (Å²) in [5.74, 6) is -0.270. The topological polar surface area (TPSA) is 92.7 Å². The standard InChI is InChI=1S/C27H29FN6O/c1-16-11-32(22-6-5-17(10-29)26-19(22)4-3-7-31-26)13-24-20-9-21(28)23(8-18(20)12-34(16)24)33-14-25(30)27(2,35)15-33/h3-9,16,24-25,35H,11-15,30H2,1-2H3/t16-,24-,25-,27-/m1/s1. The molecule has 0 radical (unpaired) electrons. The zero-order valence-electron chi connectivity index (χ0n) is 19.9. The van der Waals surface area contributed by atoms with Crippen molar-refractivity contribution < 1.29 is 9.50 Å². The number of aliphatic hydroxyl groups is 1. The van der Waals surface area contributed by atoms with Crippen LogP contribution in [-0.4, -0.2) is 58.9 Å². The molecule has 0 spiro atoms. The third-order valence-corrected chi connectivity index (χ3v) is 8.04. The van der Waals surface area contributed by atoms with E-state index in [1.165, 1.54) is 0 Å². The molecule has 2 aromatic carbocycles. The van der Waals surface area contributed by atoms with Crippen LogP contribution in [0.25, 0.3) is 10.9 Å². The zero-order chi connectivity index (χ0) is 24.5. The van der Waals surface area contributed by atoms with Crippen LogP contribution in [0.5, 0.6) is 0 Å². The van der Waals surface area contributed by atoms with E-state index in [2.05, 4.69) is 27.8 Å². The van der Waals surface area contributed by atoms with Crippen molar-refractivity contribution in [1.82, 2.24) is 9.88 Å². The van der Waals surface area contributed by atoms with E-state index < -0.39 is 11.6 Å². The van der Waals surface area contributed by atoms with Crippen LogP contribution in [0.15, 0.2) is 42.6 Å². The highest BCUT2D eigenvalue weighted by molar-refractivity contribution is 5.95. The number of rotatable bonds is 2. The zero-order valence-corrected chi connectivity index (χ0v) is 19.9. The molecule has 4 atom stereocenters. The smallest absolute Gasteiger partial charge is 0.146 e. The molecule has 3 aliphatic rings. The van der Waals surface area contributed by atoms with E-state index in [0.29, 0.717) is 29.9 Å². The summed E-state index contributed by atoms with van der Waals surface area (Å²) in [5, 5.41) is 21.0. The predicted molar refractivity (Wildman–Crippen MR) is 134 cm³/mol. The van der Waals surface area contributed by atoms with Gasteiger partial charge in [-0.1, -0.05) is 0 Å². The van der Waals surface area contributed by atoms with Gasteiger partial charge in [0.25, 0.3) is 0 Å². The highest BCUT2D eigenvalue weighted by Gasteiger charge is 2.43. The molecule has 35 heavy (non-hydrogen) atoms. The summed E-state index contributed by atoms with van der Waals surface area (Å²) in [6.45, 7) is 7.01. The summed E-state index contributed by atoms with van der Waals surface area (Å²) in [6, 6.07) is 13.6. The number of nitrogens with two attached hydrogens (primary N) is 1. The maximum absolute atomic E-state index is 15.4. The predicted octanol–water partition coefficient (Wildman–Crippen LogP) is 2.91. The molecule has 7 nitrogen and oxygen atoms in total. The Bertz CT molecular complexity index is 1370. The van der Waals surface area contributed by atoms with Gasteiger partial charge in [0.1, 0.15) is 11.9 Å². The first-order chi connectivity index (χ1) is 16.8. The molecule has 3 aliphatic heterocycles. The fourth-order valence-corrected chi connectivity index (χ4v) is 6.07. The minimum Gasteiger partial charge on any atom is -0.387 e. The first-order valence-electron chi connectivity index (χ1n) is 12.1. The van der Waals surface area contributed by atoms with Gasteiger partial charge in [0.2, 0.25) is 0 Å². The summed E-state index contributed by atoms with van der Waals surface area (Å²) in [7, 11) is 0. The van der Waals surface area contributed by atoms with Crippen molar-refractivity contribution in [3.05, 3.63) is 65.1 Å². The number of anilines is 2. The molecule has 0 unspecified atom stereocenters. The molecule has 0 aliphatic carbocycles. The van der Waals surface area contributed by atoms with Crippen molar-refractivity contribution in [3.8, 4) is 6.07 Å². The van der Waals surface area contributed by atoms with E-state index in [4.69, 9.17) is 5.73 Å². The molecule has 2 fully saturated rings. The van der Waals surface area contributed by atoms with Gasteiger partial charge in [-0.25, -0.2) is 4.39 Å². The van der Waals surface area contributed by atoms with Gasteiger partial charge < -0.3 is 20.6 Å². The van der Waals surface area contributed by atoms with Gasteiger partial charge in [0.15, 0.2) is 0 Å². The number of nitriles is 1. The van der Waals surface area contributed by atoms with E-state index in [1.807, 2.05) is 35.2 Å². The third kappa shape index (κ3) is 3.46. The fourth-order valence-electron chi connectivity index (χ4n) is 6.07. The molecule has 180 valence electrons. The lowest BCUT2D eigenvalue weighted by Crippen LogP contribution is -2.51. The van der Waals surface area contributed by atoms with Gasteiger partial charge in [-0.05, 0) is 61.4 Å². The van der Waals surface area contributed by atoms with Gasteiger partial charge in [0, 0.05) is 56.0 Å². The lowest BCUT2D eigenvalue weighted by atomic mass is 9.99. The van der Waals surface area contributed by atoms with Crippen molar-refractivity contribution in [1.29, 1.82) is 5.26 Å². The number of pyridine rings is 1. The van der Waals surface area contributed by atoms with E-state index >= 15 is 4.39 Å². The maximum Gasteiger partial charge on any atom is 0.146 e. The molecule has 4 heterocycles. The number of halogens is 1. The van der Waals surface area contributed by atoms with E-state index in [9.17, 15) is 10.4 Å². The molecular weight excluding hydrogens is 443 g/mol. The van der Waals surface area contributed by atoms with Crippen LogP contribution in [0.2, 0.25) is 0 Å². The average Bonchev–Trinajstić information content (AvgIpc) is 3.33. The van der Waals surface area contributed by atoms with E-state index in [0.717, 1.165) is 41.8 Å². The molecule has 3 aromatic rings. The molecule has 3 N–H and O–H groups in total. The van der Waals surface area contributed by atoms with Crippen molar-refractivity contribution in [2.45, 2.75) is 44.1 Å². The van der Waals surface area contributed by atoms with Crippen LogP contribution in [0.4, 0.5) is 15.8 Å². The SMILES string of the molecule is C[C@@H]1CN(c2ccc(C#N)c3ncccc23)C[C@@H]2c3cc(F)c(N4C[C@@H](N)[C@](C)(O)C4)cc3CN12. The Morgan fingerprint density at radius 2 is 2.00 bits per heavy atom. The monoisotopic (exact) mass is 472 g/mol. The highest BCUT2D eigenvalue weighted by Crippen LogP contribution is 2.43. The van der Waals surface area contributed by atoms with Gasteiger partial charge in [0.05, 0.1) is 34.5 Å². The Balaban J connectivity index is 1.34. The average molecular weight is 473 g/mol. The van der Waals surface area contributed by atoms with Crippen molar-refractivity contribution in [3.63, 3.8) is 0 Å². The summed E-state index contributed by atoms with van der Waals surface area (Å²) in [4.78, 5) is 11.1. The number of nitrogens with zero attached hydrogens (tertiary/aromatic N) is 5. The number of hydrogen-bond donors (Lipinski definition) is 2. The molecule has 8 heteroatoms. The quantitative estimate of drug-likeness (QED) is 0.592. The van der Waals surface area contributed by atoms with Crippen LogP contribution in [-0.2, 0) is 6.54 Å². The lowest BCUT2D eigenvalue weighted by molar-refractivity contribution is 0.0674. The van der Waals surface area contributed by atoms with Crippen LogP contribution in [0.3, 0.4) is 0 Å². The molecular formula is C27H29FN6O. The van der Waals surface area contributed by atoms with Crippen molar-refractivity contribution in [2.75, 3.05) is 36.0 Å². The minimum absolute atomic E-state index is 0.0728. The van der Waals surface area contributed by atoms with Crippen LogP contribution in [0.1, 0.15) is 36.6 Å². The summed E-state index contributed by atoms with van der Waals surface area (Å²) >= 11 is 0. The van der Waals surface area contributed by atoms with E-state index in [-0.39, 0.29) is 17.9 Å². The Morgan fingerprint density at radius 3 is 2.74 bits per heavy atom. The number of fused-ring (bicyclic) bond motifs is 4. The van der Waals surface area contributed by atoms with Crippen LogP contribution in [0, 0.1) is 17.1 Å². The van der Waals surface area contributed by atoms with Crippen molar-refractivity contribution >= 4 is 22.3 Å². The second-order valence-corrected chi connectivity index (χ2v) is 10.4. The van der Waals surface area contributed by atoms with Crippen LogP contribution >= 0.6 is 0 Å². The van der Waals surface area contributed by atoms with Gasteiger partial charge in [-0.2, -0.15) is 5.26 Å². The molecule has 0 bridgehead atoms. The van der Waals surface area contributed by atoms with Gasteiger partial charge in [-0.15, -0.1) is 0 Å². The van der Waals surface area contributed by atoms with Gasteiger partial charge in [-0.3, -0.25) is 9.88 Å². The highest BCUT2D eigenvalue weighted by atomic mass is 19.1. The normalized spacial score (nSPS) is 28.3. The first-order valence-corrected chi connectivity index (χ1v) is 12.1. The summed E-state index contributed by atoms with van der Waals surface area (Å²) in [6.07, 6.45) is 1.72. The molecule has 0 amide bonds. The lowest BCUT2D eigenvalue weighted by Gasteiger charge is -2.43. The molecule has 6 rings (SSSR count). The number of aromatic nitrogens is 1. The second kappa shape index (κ2) is 7.89. The Kier molecular flexibility index (Phi) is 5.01. The number of β-amino-alcohol motifs (C(OH)–C–C–N with tert-alkyl or cyclic N) is 1. The first kappa shape index (κ1) is 22.2. The summed E-state index contributed by atoms with van der Waals surface area (Å²) < 4.78 is 15.4. The Labute approximate surface area is 204 Å². The van der Waals surface area contributed by atoms with E-state index in [1.54, 1.807) is 19.2 Å².